The lowest BCUT2D eigenvalue weighted by molar-refractivity contribution is -0.114. The maximum atomic E-state index is 11.5. The van der Waals surface area contributed by atoms with Crippen LogP contribution >= 0.6 is 0 Å². The summed E-state index contributed by atoms with van der Waals surface area (Å²) < 4.78 is 0. The van der Waals surface area contributed by atoms with Gasteiger partial charge in [0.2, 0.25) is 0 Å². The molecule has 13 heavy (non-hydrogen) atoms. The monoisotopic (exact) mass is 178 g/mol. The Morgan fingerprint density at radius 3 is 2.85 bits per heavy atom. The molecule has 0 aromatic rings. The summed E-state index contributed by atoms with van der Waals surface area (Å²) in [5.41, 5.74) is 2.24. The van der Waals surface area contributed by atoms with Crippen LogP contribution in [0.4, 0.5) is 0 Å². The van der Waals surface area contributed by atoms with Gasteiger partial charge in [0.15, 0.2) is 5.78 Å². The Morgan fingerprint density at radius 2 is 2.31 bits per heavy atom. The minimum absolute atomic E-state index is 0.288. The van der Waals surface area contributed by atoms with Gasteiger partial charge in [0.1, 0.15) is 0 Å². The maximum Gasteiger partial charge on any atom is 0.162 e. The van der Waals surface area contributed by atoms with E-state index in [-0.39, 0.29) is 5.78 Å². The van der Waals surface area contributed by atoms with E-state index in [2.05, 4.69) is 6.08 Å². The van der Waals surface area contributed by atoms with E-state index < -0.39 is 0 Å². The Labute approximate surface area is 80.5 Å². The number of Topliss-reactive ketones (excluding diaryl/α,β-unsaturated/α-hetero) is 1. The van der Waals surface area contributed by atoms with Crippen LogP contribution in [0, 0.1) is 0 Å². The highest BCUT2D eigenvalue weighted by Gasteiger charge is 2.09. The van der Waals surface area contributed by atoms with Gasteiger partial charge in [-0.2, -0.15) is 0 Å². The molecular formula is C12H18O. The van der Waals surface area contributed by atoms with Crippen molar-refractivity contribution in [1.29, 1.82) is 0 Å². The molecule has 0 saturated carbocycles. The van der Waals surface area contributed by atoms with E-state index >= 15 is 0 Å². The summed E-state index contributed by atoms with van der Waals surface area (Å²) >= 11 is 0. The Hall–Kier alpha value is -0.850. The topological polar surface area (TPSA) is 17.1 Å². The summed E-state index contributed by atoms with van der Waals surface area (Å²) in [4.78, 5) is 11.5. The second-order valence-corrected chi connectivity index (χ2v) is 3.68. The predicted octanol–water partition coefficient (Wildman–Crippen LogP) is 3.41. The lowest BCUT2D eigenvalue weighted by Crippen LogP contribution is -2.03. The van der Waals surface area contributed by atoms with E-state index in [4.69, 9.17) is 0 Å². The van der Waals surface area contributed by atoms with Gasteiger partial charge in [0, 0.05) is 6.42 Å². The zero-order chi connectivity index (χ0) is 9.68. The molecule has 0 saturated heterocycles. The van der Waals surface area contributed by atoms with Crippen molar-refractivity contribution in [2.75, 3.05) is 0 Å². The molecule has 0 bridgehead atoms. The van der Waals surface area contributed by atoms with Gasteiger partial charge in [-0.25, -0.2) is 0 Å². The Morgan fingerprint density at radius 1 is 1.54 bits per heavy atom. The summed E-state index contributed by atoms with van der Waals surface area (Å²) in [5, 5.41) is 0. The first kappa shape index (κ1) is 10.2. The maximum absolute atomic E-state index is 11.5. The van der Waals surface area contributed by atoms with Crippen LogP contribution < -0.4 is 0 Å². The van der Waals surface area contributed by atoms with E-state index in [1.807, 2.05) is 19.9 Å². The molecule has 0 aromatic carbocycles. The lowest BCUT2D eigenvalue weighted by Gasteiger charge is -2.11. The molecule has 0 aliphatic heterocycles. The van der Waals surface area contributed by atoms with Crippen LogP contribution in [-0.4, -0.2) is 5.78 Å². The van der Waals surface area contributed by atoms with Crippen molar-refractivity contribution in [2.24, 2.45) is 0 Å². The third kappa shape index (κ3) is 3.17. The second-order valence-electron chi connectivity index (χ2n) is 3.68. The molecule has 1 heteroatoms. The number of hydrogen-bond donors (Lipinski definition) is 0. The summed E-state index contributed by atoms with van der Waals surface area (Å²) in [6, 6.07) is 0. The first-order valence-electron chi connectivity index (χ1n) is 5.08. The van der Waals surface area contributed by atoms with Crippen molar-refractivity contribution in [3.63, 3.8) is 0 Å². The SMILES string of the molecule is CC=C(C)C(=O)CC1=CCCCC1. The molecule has 0 N–H and O–H groups in total. The molecule has 0 spiro atoms. The molecule has 0 heterocycles. The number of rotatable bonds is 3. The van der Waals surface area contributed by atoms with Crippen molar-refractivity contribution >= 4 is 5.78 Å². The van der Waals surface area contributed by atoms with Crippen molar-refractivity contribution < 1.29 is 4.79 Å². The highest BCUT2D eigenvalue weighted by Crippen LogP contribution is 2.21. The Bertz CT molecular complexity index is 246. The second kappa shape index (κ2) is 5.00. The number of hydrogen-bond acceptors (Lipinski definition) is 1. The fraction of sp³-hybridized carbons (Fsp3) is 0.583. The average Bonchev–Trinajstić information content (AvgIpc) is 2.18. The standard InChI is InChI=1S/C12H18O/c1-3-10(2)12(13)9-11-7-5-4-6-8-11/h3,7H,4-6,8-9H2,1-2H3. The van der Waals surface area contributed by atoms with Gasteiger partial charge in [-0.15, -0.1) is 0 Å². The van der Waals surface area contributed by atoms with Crippen LogP contribution in [0.15, 0.2) is 23.3 Å². The molecule has 0 atom stereocenters. The number of allylic oxidation sites excluding steroid dienone is 4. The first-order valence-corrected chi connectivity index (χ1v) is 5.08. The van der Waals surface area contributed by atoms with Crippen LogP contribution in [0.5, 0.6) is 0 Å². The number of carbonyl (C=O) groups is 1. The molecule has 1 aliphatic rings. The van der Waals surface area contributed by atoms with E-state index in [1.54, 1.807) is 0 Å². The third-order valence-corrected chi connectivity index (χ3v) is 2.65. The molecule has 0 aromatic heterocycles. The van der Waals surface area contributed by atoms with E-state index in [9.17, 15) is 4.79 Å². The fourth-order valence-electron chi connectivity index (χ4n) is 1.57. The number of ketones is 1. The average molecular weight is 178 g/mol. The number of carbonyl (C=O) groups excluding carboxylic acids is 1. The summed E-state index contributed by atoms with van der Waals surface area (Å²) in [7, 11) is 0. The molecule has 0 radical (unpaired) electrons. The molecule has 72 valence electrons. The summed E-state index contributed by atoms with van der Waals surface area (Å²) in [6.45, 7) is 3.81. The molecule has 1 aliphatic carbocycles. The molecule has 0 unspecified atom stereocenters. The van der Waals surface area contributed by atoms with Crippen molar-refractivity contribution in [2.45, 2.75) is 46.0 Å². The van der Waals surface area contributed by atoms with Crippen LogP contribution in [0.25, 0.3) is 0 Å². The van der Waals surface area contributed by atoms with Gasteiger partial charge in [0.05, 0.1) is 0 Å². The van der Waals surface area contributed by atoms with Gasteiger partial charge in [-0.05, 0) is 45.1 Å². The molecular weight excluding hydrogens is 160 g/mol. The Balaban J connectivity index is 2.48. The summed E-state index contributed by atoms with van der Waals surface area (Å²) in [5.74, 6) is 0.288. The molecule has 1 nitrogen and oxygen atoms in total. The van der Waals surface area contributed by atoms with Crippen molar-refractivity contribution in [3.05, 3.63) is 23.3 Å². The highest BCUT2D eigenvalue weighted by atomic mass is 16.1. The third-order valence-electron chi connectivity index (χ3n) is 2.65. The lowest BCUT2D eigenvalue weighted by atomic mass is 9.94. The van der Waals surface area contributed by atoms with Gasteiger partial charge < -0.3 is 0 Å². The van der Waals surface area contributed by atoms with Gasteiger partial charge in [-0.3, -0.25) is 4.79 Å². The Kier molecular flexibility index (Phi) is 3.94. The van der Waals surface area contributed by atoms with Gasteiger partial charge in [-0.1, -0.05) is 17.7 Å². The van der Waals surface area contributed by atoms with Gasteiger partial charge >= 0.3 is 0 Å². The zero-order valence-electron chi connectivity index (χ0n) is 8.60. The summed E-state index contributed by atoms with van der Waals surface area (Å²) in [6.07, 6.45) is 9.63. The van der Waals surface area contributed by atoms with E-state index in [0.29, 0.717) is 6.42 Å². The molecule has 0 amide bonds. The predicted molar refractivity (Wildman–Crippen MR) is 55.6 cm³/mol. The molecule has 1 rings (SSSR count). The van der Waals surface area contributed by atoms with Crippen LogP contribution in [0.3, 0.4) is 0 Å². The van der Waals surface area contributed by atoms with Crippen LogP contribution in [-0.2, 0) is 4.79 Å². The van der Waals surface area contributed by atoms with Crippen LogP contribution in [0.2, 0.25) is 0 Å². The van der Waals surface area contributed by atoms with E-state index in [1.165, 1.54) is 18.4 Å². The fourth-order valence-corrected chi connectivity index (χ4v) is 1.57. The smallest absolute Gasteiger partial charge is 0.162 e. The van der Waals surface area contributed by atoms with Crippen molar-refractivity contribution in [1.82, 2.24) is 0 Å². The highest BCUT2D eigenvalue weighted by molar-refractivity contribution is 5.96. The van der Waals surface area contributed by atoms with E-state index in [0.717, 1.165) is 18.4 Å². The quantitative estimate of drug-likeness (QED) is 0.478. The van der Waals surface area contributed by atoms with Crippen molar-refractivity contribution in [3.8, 4) is 0 Å². The first-order chi connectivity index (χ1) is 6.24. The normalized spacial score (nSPS) is 18.3. The minimum atomic E-state index is 0.288. The zero-order valence-corrected chi connectivity index (χ0v) is 8.60. The molecule has 0 fully saturated rings. The largest absolute Gasteiger partial charge is 0.294 e. The minimum Gasteiger partial charge on any atom is -0.294 e. The van der Waals surface area contributed by atoms with Gasteiger partial charge in [0.25, 0.3) is 0 Å². The van der Waals surface area contributed by atoms with Crippen LogP contribution in [0.1, 0.15) is 46.0 Å².